The third kappa shape index (κ3) is 4.23. The second kappa shape index (κ2) is 8.40. The topological polar surface area (TPSA) is 72.9 Å². The summed E-state index contributed by atoms with van der Waals surface area (Å²) in [5.41, 5.74) is 0. The normalized spacial score (nSPS) is 19.3. The number of anilines is 2. The molecule has 0 N–H and O–H groups in total. The van der Waals surface area contributed by atoms with Crippen molar-refractivity contribution in [3.05, 3.63) is 42.2 Å². The van der Waals surface area contributed by atoms with E-state index in [4.69, 9.17) is 0 Å². The van der Waals surface area contributed by atoms with Crippen LogP contribution in [0, 0.1) is 11.6 Å². The molecule has 0 atom stereocenters. The SMILES string of the molecule is CN1CCN(c2cc(N3CCN(S(=O)(=O)c4cc(F)ccc4F)CC3)ncn2)CC1. The molecule has 3 heterocycles. The van der Waals surface area contributed by atoms with E-state index in [1.807, 2.05) is 11.0 Å². The van der Waals surface area contributed by atoms with Gasteiger partial charge in [-0.25, -0.2) is 27.2 Å². The van der Waals surface area contributed by atoms with E-state index in [-0.39, 0.29) is 13.1 Å². The average Bonchev–Trinajstić information content (AvgIpc) is 2.76. The molecule has 2 aliphatic heterocycles. The van der Waals surface area contributed by atoms with Gasteiger partial charge in [0.25, 0.3) is 0 Å². The minimum atomic E-state index is -4.11. The Morgan fingerprint density at radius 1 is 0.833 bits per heavy atom. The highest BCUT2D eigenvalue weighted by molar-refractivity contribution is 7.89. The van der Waals surface area contributed by atoms with E-state index < -0.39 is 26.6 Å². The summed E-state index contributed by atoms with van der Waals surface area (Å²) in [6.07, 6.45) is 1.52. The standard InChI is InChI=1S/C19H24F2N6O2S/c1-24-4-6-25(7-5-24)18-13-19(23-14-22-18)26-8-10-27(11-9-26)30(28,29)17-12-15(20)2-3-16(17)21/h2-3,12-14H,4-11H2,1H3. The summed E-state index contributed by atoms with van der Waals surface area (Å²) in [4.78, 5) is 14.5. The molecule has 0 radical (unpaired) electrons. The van der Waals surface area contributed by atoms with E-state index >= 15 is 0 Å². The largest absolute Gasteiger partial charge is 0.354 e. The lowest BCUT2D eigenvalue weighted by molar-refractivity contribution is 0.312. The molecule has 162 valence electrons. The third-order valence-electron chi connectivity index (χ3n) is 5.54. The Kier molecular flexibility index (Phi) is 5.85. The number of piperazine rings is 2. The van der Waals surface area contributed by atoms with Crippen LogP contribution >= 0.6 is 0 Å². The number of benzene rings is 1. The van der Waals surface area contributed by atoms with Crippen LogP contribution in [0.1, 0.15) is 0 Å². The van der Waals surface area contributed by atoms with Gasteiger partial charge in [0.1, 0.15) is 34.5 Å². The van der Waals surface area contributed by atoms with Crippen molar-refractivity contribution in [2.45, 2.75) is 4.90 Å². The molecule has 1 aromatic heterocycles. The Labute approximate surface area is 174 Å². The first kappa shape index (κ1) is 20.9. The molecule has 30 heavy (non-hydrogen) atoms. The second-order valence-corrected chi connectivity index (χ2v) is 9.40. The number of nitrogens with zero attached hydrogens (tertiary/aromatic N) is 6. The fourth-order valence-electron chi connectivity index (χ4n) is 3.69. The fraction of sp³-hybridized carbons (Fsp3) is 0.474. The number of hydrogen-bond acceptors (Lipinski definition) is 7. The summed E-state index contributed by atoms with van der Waals surface area (Å²) in [6, 6.07) is 4.38. The minimum Gasteiger partial charge on any atom is -0.354 e. The zero-order valence-electron chi connectivity index (χ0n) is 16.7. The lowest BCUT2D eigenvalue weighted by Gasteiger charge is -2.36. The van der Waals surface area contributed by atoms with Crippen LogP contribution in [0.25, 0.3) is 0 Å². The van der Waals surface area contributed by atoms with Gasteiger partial charge in [-0.15, -0.1) is 0 Å². The number of rotatable bonds is 4. The van der Waals surface area contributed by atoms with Crippen molar-refractivity contribution in [1.29, 1.82) is 0 Å². The van der Waals surface area contributed by atoms with Crippen molar-refractivity contribution in [1.82, 2.24) is 19.2 Å². The first-order valence-electron chi connectivity index (χ1n) is 9.80. The Hall–Kier alpha value is -2.37. The van der Waals surface area contributed by atoms with Gasteiger partial charge in [0.2, 0.25) is 10.0 Å². The maximum atomic E-state index is 14.0. The minimum absolute atomic E-state index is 0.159. The molecule has 8 nitrogen and oxygen atoms in total. The van der Waals surface area contributed by atoms with Crippen molar-refractivity contribution >= 4 is 21.7 Å². The van der Waals surface area contributed by atoms with Gasteiger partial charge in [0, 0.05) is 58.4 Å². The molecular formula is C19H24F2N6O2S. The van der Waals surface area contributed by atoms with Gasteiger partial charge in [-0.3, -0.25) is 0 Å². The third-order valence-corrected chi connectivity index (χ3v) is 7.45. The molecule has 0 spiro atoms. The molecule has 4 rings (SSSR count). The van der Waals surface area contributed by atoms with Crippen LogP contribution in [0.5, 0.6) is 0 Å². The predicted molar refractivity (Wildman–Crippen MR) is 109 cm³/mol. The quantitative estimate of drug-likeness (QED) is 0.706. The maximum absolute atomic E-state index is 14.0. The van der Waals surface area contributed by atoms with Gasteiger partial charge in [0.05, 0.1) is 0 Å². The van der Waals surface area contributed by atoms with Gasteiger partial charge >= 0.3 is 0 Å². The summed E-state index contributed by atoms with van der Waals surface area (Å²) in [7, 11) is -2.02. The Morgan fingerprint density at radius 2 is 1.40 bits per heavy atom. The molecule has 0 amide bonds. The zero-order valence-corrected chi connectivity index (χ0v) is 17.5. The molecule has 2 fully saturated rings. The maximum Gasteiger partial charge on any atom is 0.246 e. The summed E-state index contributed by atoms with van der Waals surface area (Å²) in [5.74, 6) is -0.157. The van der Waals surface area contributed by atoms with E-state index in [1.54, 1.807) is 0 Å². The van der Waals surface area contributed by atoms with Crippen LogP contribution < -0.4 is 9.80 Å². The van der Waals surface area contributed by atoms with Crippen LogP contribution in [0.3, 0.4) is 0 Å². The van der Waals surface area contributed by atoms with Crippen molar-refractivity contribution in [3.63, 3.8) is 0 Å². The van der Waals surface area contributed by atoms with Crippen LogP contribution in [0.2, 0.25) is 0 Å². The lowest BCUT2D eigenvalue weighted by Crippen LogP contribution is -2.49. The van der Waals surface area contributed by atoms with Crippen LogP contribution in [0.15, 0.2) is 35.5 Å². The van der Waals surface area contributed by atoms with Gasteiger partial charge < -0.3 is 14.7 Å². The number of likely N-dealkylation sites (N-methyl/N-ethyl adjacent to an activating group) is 1. The van der Waals surface area contributed by atoms with Gasteiger partial charge in [-0.1, -0.05) is 0 Å². The van der Waals surface area contributed by atoms with E-state index in [0.717, 1.165) is 56.0 Å². The molecule has 0 aliphatic carbocycles. The van der Waals surface area contributed by atoms with Gasteiger partial charge in [-0.05, 0) is 25.2 Å². The monoisotopic (exact) mass is 438 g/mol. The first-order chi connectivity index (χ1) is 14.3. The number of halogens is 2. The predicted octanol–water partition coefficient (Wildman–Crippen LogP) is 1.02. The summed E-state index contributed by atoms with van der Waals surface area (Å²) in [6.45, 7) is 4.82. The van der Waals surface area contributed by atoms with Crippen molar-refractivity contribution < 1.29 is 17.2 Å². The smallest absolute Gasteiger partial charge is 0.246 e. The van der Waals surface area contributed by atoms with Crippen molar-refractivity contribution in [2.24, 2.45) is 0 Å². The van der Waals surface area contributed by atoms with E-state index in [1.165, 1.54) is 10.6 Å². The Morgan fingerprint density at radius 3 is 2.00 bits per heavy atom. The fourth-order valence-corrected chi connectivity index (χ4v) is 5.19. The summed E-state index contributed by atoms with van der Waals surface area (Å²) >= 11 is 0. The van der Waals surface area contributed by atoms with Crippen molar-refractivity contribution in [3.8, 4) is 0 Å². The number of hydrogen-bond donors (Lipinski definition) is 0. The first-order valence-corrected chi connectivity index (χ1v) is 11.2. The lowest BCUT2D eigenvalue weighted by atomic mass is 10.3. The van der Waals surface area contributed by atoms with E-state index in [9.17, 15) is 17.2 Å². The van der Waals surface area contributed by atoms with Gasteiger partial charge in [0.15, 0.2) is 0 Å². The Balaban J connectivity index is 1.45. The van der Waals surface area contributed by atoms with Crippen molar-refractivity contribution in [2.75, 3.05) is 69.2 Å². The van der Waals surface area contributed by atoms with Gasteiger partial charge in [-0.2, -0.15) is 4.31 Å². The molecule has 2 aromatic rings. The van der Waals surface area contributed by atoms with E-state index in [0.29, 0.717) is 13.1 Å². The highest BCUT2D eigenvalue weighted by atomic mass is 32.2. The van der Waals surface area contributed by atoms with Crippen LogP contribution in [-0.4, -0.2) is 87.0 Å². The molecule has 0 bridgehead atoms. The molecule has 2 aliphatic rings. The molecular weight excluding hydrogens is 414 g/mol. The molecule has 0 saturated carbocycles. The van der Waals surface area contributed by atoms with Crippen LogP contribution in [-0.2, 0) is 10.0 Å². The molecule has 0 unspecified atom stereocenters. The van der Waals surface area contributed by atoms with Crippen LogP contribution in [0.4, 0.5) is 20.4 Å². The highest BCUT2D eigenvalue weighted by Crippen LogP contribution is 2.24. The average molecular weight is 439 g/mol. The van der Waals surface area contributed by atoms with E-state index in [2.05, 4.69) is 26.8 Å². The highest BCUT2D eigenvalue weighted by Gasteiger charge is 2.31. The summed E-state index contributed by atoms with van der Waals surface area (Å²) in [5, 5.41) is 0. The molecule has 11 heteroatoms. The zero-order chi connectivity index (χ0) is 21.3. The molecule has 2 saturated heterocycles. The molecule has 1 aromatic carbocycles. The second-order valence-electron chi connectivity index (χ2n) is 7.49. The number of sulfonamides is 1. The summed E-state index contributed by atoms with van der Waals surface area (Å²) < 4.78 is 54.2. The Bertz CT molecular complexity index is 1010. The number of aromatic nitrogens is 2.